The minimum absolute atomic E-state index is 0.240. The molecule has 110 valence electrons. The van der Waals surface area contributed by atoms with E-state index in [4.69, 9.17) is 4.74 Å². The van der Waals surface area contributed by atoms with E-state index in [9.17, 15) is 0 Å². The van der Waals surface area contributed by atoms with Crippen LogP contribution in [0.1, 0.15) is 43.5 Å². The Morgan fingerprint density at radius 3 is 2.65 bits per heavy atom. The zero-order chi connectivity index (χ0) is 14.7. The molecule has 0 saturated carbocycles. The fourth-order valence-electron chi connectivity index (χ4n) is 1.99. The van der Waals surface area contributed by atoms with Crippen LogP contribution in [0.2, 0.25) is 0 Å². The number of aryl methyl sites for hydroxylation is 2. The lowest BCUT2D eigenvalue weighted by atomic mass is 10.2. The number of rotatable bonds is 6. The molecule has 0 bridgehead atoms. The second-order valence-corrected chi connectivity index (χ2v) is 6.22. The molecule has 0 saturated heterocycles. The Morgan fingerprint density at radius 1 is 1.25 bits per heavy atom. The predicted molar refractivity (Wildman–Crippen MR) is 85.6 cm³/mol. The SMILES string of the molecule is CCNc1nc(COC(C)CC)nc2sc(C)c(C)c12. The van der Waals surface area contributed by atoms with E-state index in [1.807, 2.05) is 0 Å². The molecule has 0 spiro atoms. The molecule has 2 heterocycles. The third kappa shape index (κ3) is 3.10. The van der Waals surface area contributed by atoms with Crippen LogP contribution in [0.5, 0.6) is 0 Å². The summed E-state index contributed by atoms with van der Waals surface area (Å²) < 4.78 is 5.75. The molecular formula is C15H23N3OS. The molecule has 0 amide bonds. The first kappa shape index (κ1) is 15.2. The number of thiophene rings is 1. The van der Waals surface area contributed by atoms with Gasteiger partial charge in [-0.3, -0.25) is 0 Å². The highest BCUT2D eigenvalue weighted by atomic mass is 32.1. The van der Waals surface area contributed by atoms with E-state index in [1.54, 1.807) is 11.3 Å². The van der Waals surface area contributed by atoms with Gasteiger partial charge in [0.15, 0.2) is 5.82 Å². The highest BCUT2D eigenvalue weighted by molar-refractivity contribution is 7.18. The average Bonchev–Trinajstić information content (AvgIpc) is 2.72. The summed E-state index contributed by atoms with van der Waals surface area (Å²) in [5.74, 6) is 1.69. The first-order valence-electron chi connectivity index (χ1n) is 7.18. The number of nitrogens with zero attached hydrogens (tertiary/aromatic N) is 2. The number of fused-ring (bicyclic) bond motifs is 1. The minimum Gasteiger partial charge on any atom is -0.371 e. The van der Waals surface area contributed by atoms with Gasteiger partial charge in [0.05, 0.1) is 11.5 Å². The van der Waals surface area contributed by atoms with Crippen LogP contribution in [0, 0.1) is 13.8 Å². The van der Waals surface area contributed by atoms with Crippen molar-refractivity contribution in [2.24, 2.45) is 0 Å². The normalized spacial score (nSPS) is 12.8. The number of nitrogens with one attached hydrogen (secondary N) is 1. The van der Waals surface area contributed by atoms with Gasteiger partial charge in [-0.05, 0) is 39.7 Å². The maximum absolute atomic E-state index is 5.75. The molecule has 0 aliphatic heterocycles. The number of hydrogen-bond donors (Lipinski definition) is 1. The number of anilines is 1. The Bertz CT molecular complexity index is 594. The molecular weight excluding hydrogens is 270 g/mol. The van der Waals surface area contributed by atoms with Crippen LogP contribution in [0.15, 0.2) is 0 Å². The van der Waals surface area contributed by atoms with Crippen LogP contribution in [0.25, 0.3) is 10.2 Å². The smallest absolute Gasteiger partial charge is 0.158 e. The molecule has 1 atom stereocenters. The van der Waals surface area contributed by atoms with Gasteiger partial charge < -0.3 is 10.1 Å². The molecule has 0 aliphatic rings. The summed E-state index contributed by atoms with van der Waals surface area (Å²) in [5, 5.41) is 4.50. The van der Waals surface area contributed by atoms with Crippen LogP contribution in [0.3, 0.4) is 0 Å². The van der Waals surface area contributed by atoms with Crippen molar-refractivity contribution in [2.75, 3.05) is 11.9 Å². The first-order valence-corrected chi connectivity index (χ1v) is 8.00. The average molecular weight is 293 g/mol. The second-order valence-electron chi connectivity index (χ2n) is 5.01. The highest BCUT2D eigenvalue weighted by Gasteiger charge is 2.14. The molecule has 2 aromatic rings. The van der Waals surface area contributed by atoms with E-state index < -0.39 is 0 Å². The van der Waals surface area contributed by atoms with Crippen LogP contribution >= 0.6 is 11.3 Å². The summed E-state index contributed by atoms with van der Waals surface area (Å²) in [6.07, 6.45) is 1.24. The van der Waals surface area contributed by atoms with E-state index in [0.717, 1.165) is 34.8 Å². The lowest BCUT2D eigenvalue weighted by Crippen LogP contribution is -2.10. The molecule has 0 radical (unpaired) electrons. The van der Waals surface area contributed by atoms with Crippen molar-refractivity contribution in [3.8, 4) is 0 Å². The number of ether oxygens (including phenoxy) is 1. The summed E-state index contributed by atoms with van der Waals surface area (Å²) in [4.78, 5) is 11.6. The zero-order valence-electron chi connectivity index (χ0n) is 12.9. The van der Waals surface area contributed by atoms with E-state index in [1.165, 1.54) is 10.4 Å². The van der Waals surface area contributed by atoms with Crippen molar-refractivity contribution in [1.29, 1.82) is 0 Å². The van der Waals surface area contributed by atoms with Gasteiger partial charge in [-0.1, -0.05) is 6.92 Å². The lowest BCUT2D eigenvalue weighted by Gasteiger charge is -2.11. The molecule has 1 unspecified atom stereocenters. The lowest BCUT2D eigenvalue weighted by molar-refractivity contribution is 0.0470. The quantitative estimate of drug-likeness (QED) is 0.872. The molecule has 5 heteroatoms. The summed E-state index contributed by atoms with van der Waals surface area (Å²) in [5.41, 5.74) is 1.27. The van der Waals surface area contributed by atoms with Gasteiger partial charge in [0, 0.05) is 11.4 Å². The van der Waals surface area contributed by atoms with Crippen molar-refractivity contribution in [2.45, 2.75) is 53.8 Å². The molecule has 1 N–H and O–H groups in total. The van der Waals surface area contributed by atoms with E-state index in [0.29, 0.717) is 6.61 Å². The molecule has 4 nitrogen and oxygen atoms in total. The fourth-order valence-corrected chi connectivity index (χ4v) is 3.04. The van der Waals surface area contributed by atoms with Gasteiger partial charge in [-0.25, -0.2) is 9.97 Å². The number of aromatic nitrogens is 2. The Hall–Kier alpha value is -1.20. The molecule has 0 aromatic carbocycles. The van der Waals surface area contributed by atoms with Crippen LogP contribution < -0.4 is 5.32 Å². The van der Waals surface area contributed by atoms with Gasteiger partial charge in [-0.2, -0.15) is 0 Å². The molecule has 0 fully saturated rings. The highest BCUT2D eigenvalue weighted by Crippen LogP contribution is 2.33. The van der Waals surface area contributed by atoms with Gasteiger partial charge >= 0.3 is 0 Å². The Morgan fingerprint density at radius 2 is 2.00 bits per heavy atom. The predicted octanol–water partition coefficient (Wildman–Crippen LogP) is 4.06. The van der Waals surface area contributed by atoms with Gasteiger partial charge in [-0.15, -0.1) is 11.3 Å². The van der Waals surface area contributed by atoms with Gasteiger partial charge in [0.25, 0.3) is 0 Å². The third-order valence-electron chi connectivity index (χ3n) is 3.49. The second kappa shape index (κ2) is 6.50. The molecule has 2 aromatic heterocycles. The van der Waals surface area contributed by atoms with Gasteiger partial charge in [0.1, 0.15) is 17.3 Å². The summed E-state index contributed by atoms with van der Waals surface area (Å²) in [6.45, 7) is 11.9. The first-order chi connectivity index (χ1) is 9.56. The maximum Gasteiger partial charge on any atom is 0.158 e. The number of hydrogen-bond acceptors (Lipinski definition) is 5. The van der Waals surface area contributed by atoms with Crippen LogP contribution in [-0.4, -0.2) is 22.6 Å². The van der Waals surface area contributed by atoms with Crippen molar-refractivity contribution in [3.05, 3.63) is 16.3 Å². The fraction of sp³-hybridized carbons (Fsp3) is 0.600. The molecule has 2 rings (SSSR count). The van der Waals surface area contributed by atoms with Crippen molar-refractivity contribution in [1.82, 2.24) is 9.97 Å². The largest absolute Gasteiger partial charge is 0.371 e. The van der Waals surface area contributed by atoms with E-state index >= 15 is 0 Å². The van der Waals surface area contributed by atoms with Crippen molar-refractivity contribution < 1.29 is 4.74 Å². The summed E-state index contributed by atoms with van der Waals surface area (Å²) in [7, 11) is 0. The van der Waals surface area contributed by atoms with Gasteiger partial charge in [0.2, 0.25) is 0 Å². The van der Waals surface area contributed by atoms with E-state index in [-0.39, 0.29) is 6.10 Å². The van der Waals surface area contributed by atoms with Crippen molar-refractivity contribution in [3.63, 3.8) is 0 Å². The Labute approximate surface area is 124 Å². The third-order valence-corrected chi connectivity index (χ3v) is 4.59. The van der Waals surface area contributed by atoms with Crippen LogP contribution in [0.4, 0.5) is 5.82 Å². The summed E-state index contributed by atoms with van der Waals surface area (Å²) in [6, 6.07) is 0. The standard InChI is InChI=1S/C15H23N3OS/c1-6-9(3)19-8-12-17-14(16-7-2)13-10(4)11(5)20-15(13)18-12/h9H,6-8H2,1-5H3,(H,16,17,18). The molecule has 20 heavy (non-hydrogen) atoms. The zero-order valence-corrected chi connectivity index (χ0v) is 13.7. The van der Waals surface area contributed by atoms with Crippen LogP contribution in [-0.2, 0) is 11.3 Å². The van der Waals surface area contributed by atoms with E-state index in [2.05, 4.69) is 49.9 Å². The topological polar surface area (TPSA) is 47.0 Å². The summed E-state index contributed by atoms with van der Waals surface area (Å²) >= 11 is 1.73. The molecule has 0 aliphatic carbocycles. The van der Waals surface area contributed by atoms with Crippen molar-refractivity contribution >= 4 is 27.4 Å². The Balaban J connectivity index is 2.37. The minimum atomic E-state index is 0.240. The monoisotopic (exact) mass is 293 g/mol. The Kier molecular flexibility index (Phi) is 4.94. The maximum atomic E-state index is 5.75.